The molecule has 0 spiro atoms. The van der Waals surface area contributed by atoms with Crippen molar-refractivity contribution >= 4 is 5.69 Å². The number of nitroso groups, excluding NO2 is 1. The third-order valence-corrected chi connectivity index (χ3v) is 2.14. The Kier molecular flexibility index (Phi) is 8.68. The van der Waals surface area contributed by atoms with Gasteiger partial charge in [-0.15, -0.1) is 4.91 Å². The second-order valence-corrected chi connectivity index (χ2v) is 3.81. The number of hydrogen-bond acceptors (Lipinski definition) is 5. The normalized spacial score (nSPS) is 9.16. The fraction of sp³-hybridized carbons (Fsp3) is 0.500. The van der Waals surface area contributed by atoms with E-state index in [0.29, 0.717) is 0 Å². The monoisotopic (exact) mass is 269 g/mol. The molecule has 0 aromatic heterocycles. The zero-order chi connectivity index (χ0) is 14.7. The number of rotatable bonds is 6. The number of hydrogen-bond donors (Lipinski definition) is 1. The van der Waals surface area contributed by atoms with E-state index in [-0.39, 0.29) is 11.4 Å². The molecule has 0 saturated carbocycles. The van der Waals surface area contributed by atoms with Gasteiger partial charge in [0.2, 0.25) is 0 Å². The lowest BCUT2D eigenvalue weighted by Gasteiger charge is -2.11. The molecule has 0 aliphatic carbocycles. The van der Waals surface area contributed by atoms with E-state index in [9.17, 15) is 15.0 Å². The van der Waals surface area contributed by atoms with E-state index in [2.05, 4.69) is 5.29 Å². The summed E-state index contributed by atoms with van der Waals surface area (Å²) in [5.41, 5.74) is -0.0159. The largest absolute Gasteiger partial charge is 0.508 e. The molecule has 0 amide bonds. The number of non-ortho nitro benzene ring substituents is 1. The van der Waals surface area contributed by atoms with Gasteiger partial charge in [-0.05, 0) is 25.0 Å². The molecule has 0 aliphatic rings. The molecule has 1 aromatic carbocycles. The van der Waals surface area contributed by atoms with Gasteiger partial charge in [-0.2, -0.15) is 0 Å². The summed E-state index contributed by atoms with van der Waals surface area (Å²) in [6.07, 6.45) is 1.98. The van der Waals surface area contributed by atoms with Crippen molar-refractivity contribution in [3.8, 4) is 5.75 Å². The molecular formula is C12H19N3O4. The molecule has 1 aromatic rings. The summed E-state index contributed by atoms with van der Waals surface area (Å²) in [6, 6.07) is 5.04. The number of phenolic OH excluding ortho intramolecular Hbond substituents is 1. The summed E-state index contributed by atoms with van der Waals surface area (Å²) in [6.45, 7) is 5.65. The minimum atomic E-state index is -0.514. The Morgan fingerprint density at radius 1 is 1.21 bits per heavy atom. The summed E-state index contributed by atoms with van der Waals surface area (Å²) in [7, 11) is 0. The molecule has 0 bridgehead atoms. The Morgan fingerprint density at radius 3 is 2.00 bits per heavy atom. The summed E-state index contributed by atoms with van der Waals surface area (Å²) >= 11 is 0. The minimum absolute atomic E-state index is 0.0159. The summed E-state index contributed by atoms with van der Waals surface area (Å²) in [5.74, 6) is 0.0330. The molecule has 7 heteroatoms. The zero-order valence-corrected chi connectivity index (χ0v) is 11.2. The average Bonchev–Trinajstić information content (AvgIpc) is 2.39. The number of benzene rings is 1. The minimum Gasteiger partial charge on any atom is -0.508 e. The van der Waals surface area contributed by atoms with Crippen LogP contribution in [0.15, 0.2) is 29.6 Å². The summed E-state index contributed by atoms with van der Waals surface area (Å²) < 4.78 is 0. The molecule has 0 saturated heterocycles. The van der Waals surface area contributed by atoms with Crippen LogP contribution in [0.5, 0.6) is 5.75 Å². The van der Waals surface area contributed by atoms with E-state index in [1.807, 2.05) is 13.8 Å². The molecule has 1 N–H and O–H groups in total. The Bertz CT molecular complexity index is 375. The average molecular weight is 269 g/mol. The SMILES string of the molecule is CCCN(CCC)N=O.O=[N+]([O-])c1ccc(O)cc1. The van der Waals surface area contributed by atoms with E-state index in [1.54, 1.807) is 5.01 Å². The van der Waals surface area contributed by atoms with Gasteiger partial charge in [-0.3, -0.25) is 15.1 Å². The molecule has 7 nitrogen and oxygen atoms in total. The third-order valence-electron chi connectivity index (χ3n) is 2.14. The molecule has 0 fully saturated rings. The fourth-order valence-corrected chi connectivity index (χ4v) is 1.28. The van der Waals surface area contributed by atoms with E-state index in [0.717, 1.165) is 25.9 Å². The van der Waals surface area contributed by atoms with Crippen LogP contribution in [0, 0.1) is 15.0 Å². The Hall–Kier alpha value is -2.18. The van der Waals surface area contributed by atoms with Crippen molar-refractivity contribution < 1.29 is 10.0 Å². The number of aromatic hydroxyl groups is 1. The van der Waals surface area contributed by atoms with E-state index >= 15 is 0 Å². The number of nitro groups is 1. The van der Waals surface area contributed by atoms with Crippen LogP contribution < -0.4 is 0 Å². The van der Waals surface area contributed by atoms with Crippen molar-refractivity contribution in [2.45, 2.75) is 26.7 Å². The molecule has 0 heterocycles. The molecule has 0 unspecified atom stereocenters. The van der Waals surface area contributed by atoms with Gasteiger partial charge in [-0.25, -0.2) is 0 Å². The molecule has 0 aliphatic heterocycles. The van der Waals surface area contributed by atoms with Gasteiger partial charge in [0.05, 0.1) is 10.2 Å². The first-order valence-electron chi connectivity index (χ1n) is 6.06. The molecule has 106 valence electrons. The van der Waals surface area contributed by atoms with E-state index < -0.39 is 4.92 Å². The van der Waals surface area contributed by atoms with Crippen LogP contribution >= 0.6 is 0 Å². The number of phenols is 1. The van der Waals surface area contributed by atoms with Crippen molar-refractivity contribution in [1.82, 2.24) is 5.01 Å². The quantitative estimate of drug-likeness (QED) is 0.486. The van der Waals surface area contributed by atoms with E-state index in [4.69, 9.17) is 5.11 Å². The molecule has 0 atom stereocenters. The predicted octanol–water partition coefficient (Wildman–Crippen LogP) is 3.09. The number of nitro benzene ring substituents is 1. The lowest BCUT2D eigenvalue weighted by molar-refractivity contribution is -0.384. The lowest BCUT2D eigenvalue weighted by atomic mass is 10.3. The highest BCUT2D eigenvalue weighted by atomic mass is 16.6. The third kappa shape index (κ3) is 7.69. The Labute approximate surface area is 111 Å². The Balaban J connectivity index is 0.000000344. The smallest absolute Gasteiger partial charge is 0.269 e. The van der Waals surface area contributed by atoms with Gasteiger partial charge in [-0.1, -0.05) is 13.8 Å². The van der Waals surface area contributed by atoms with Crippen molar-refractivity contribution in [3.05, 3.63) is 39.3 Å². The topological polar surface area (TPSA) is 96.0 Å². The zero-order valence-electron chi connectivity index (χ0n) is 11.2. The Morgan fingerprint density at radius 2 is 1.68 bits per heavy atom. The highest BCUT2D eigenvalue weighted by Crippen LogP contribution is 2.14. The van der Waals surface area contributed by atoms with Gasteiger partial charge in [0, 0.05) is 25.2 Å². The number of nitrogens with zero attached hydrogens (tertiary/aromatic N) is 3. The standard InChI is InChI=1S/C6H14N2O.C6H5NO3/c1-3-5-8(7-9)6-4-2;8-6-3-1-5(2-4-6)7(9)10/h3-6H2,1-2H3;1-4,8H. The van der Waals surface area contributed by atoms with Gasteiger partial charge < -0.3 is 5.11 Å². The second kappa shape index (κ2) is 9.81. The van der Waals surface area contributed by atoms with Gasteiger partial charge >= 0.3 is 0 Å². The summed E-state index contributed by atoms with van der Waals surface area (Å²) in [5, 5.41) is 23.2. The van der Waals surface area contributed by atoms with Crippen LogP contribution in [-0.4, -0.2) is 28.1 Å². The maximum Gasteiger partial charge on any atom is 0.269 e. The van der Waals surface area contributed by atoms with Crippen molar-refractivity contribution in [2.75, 3.05) is 13.1 Å². The summed E-state index contributed by atoms with van der Waals surface area (Å²) in [4.78, 5) is 19.5. The molecule has 19 heavy (non-hydrogen) atoms. The first-order valence-corrected chi connectivity index (χ1v) is 6.06. The maximum absolute atomic E-state index is 10.0. The molecular weight excluding hydrogens is 250 g/mol. The fourth-order valence-electron chi connectivity index (χ4n) is 1.28. The highest BCUT2D eigenvalue weighted by molar-refractivity contribution is 5.34. The van der Waals surface area contributed by atoms with Crippen LogP contribution in [0.3, 0.4) is 0 Å². The predicted molar refractivity (Wildman–Crippen MR) is 72.7 cm³/mol. The van der Waals surface area contributed by atoms with Crippen molar-refractivity contribution in [1.29, 1.82) is 0 Å². The molecule has 1 rings (SSSR count). The van der Waals surface area contributed by atoms with Crippen LogP contribution in [0.4, 0.5) is 5.69 Å². The lowest BCUT2D eigenvalue weighted by Crippen LogP contribution is -2.17. The van der Waals surface area contributed by atoms with Gasteiger partial charge in [0.25, 0.3) is 5.69 Å². The van der Waals surface area contributed by atoms with Crippen LogP contribution in [0.2, 0.25) is 0 Å². The maximum atomic E-state index is 10.0. The van der Waals surface area contributed by atoms with Crippen molar-refractivity contribution in [3.63, 3.8) is 0 Å². The first kappa shape index (κ1) is 16.8. The van der Waals surface area contributed by atoms with Crippen LogP contribution in [0.25, 0.3) is 0 Å². The van der Waals surface area contributed by atoms with Gasteiger partial charge in [0.1, 0.15) is 5.75 Å². The first-order chi connectivity index (χ1) is 9.04. The second-order valence-electron chi connectivity index (χ2n) is 3.81. The van der Waals surface area contributed by atoms with E-state index in [1.165, 1.54) is 24.3 Å². The van der Waals surface area contributed by atoms with Crippen LogP contribution in [-0.2, 0) is 0 Å². The van der Waals surface area contributed by atoms with Crippen molar-refractivity contribution in [2.24, 2.45) is 5.29 Å². The van der Waals surface area contributed by atoms with Gasteiger partial charge in [0.15, 0.2) is 0 Å². The van der Waals surface area contributed by atoms with Crippen LogP contribution in [0.1, 0.15) is 26.7 Å². The molecule has 0 radical (unpaired) electrons. The highest BCUT2D eigenvalue weighted by Gasteiger charge is 2.01.